The van der Waals surface area contributed by atoms with Crippen molar-refractivity contribution in [3.63, 3.8) is 0 Å². The Balaban J connectivity index is 1.04. The smallest absolute Gasteiger partial charge is 0.411 e. The van der Waals surface area contributed by atoms with E-state index >= 15 is 0 Å². The summed E-state index contributed by atoms with van der Waals surface area (Å²) >= 11 is 2.82. The number of hydroxylamine groups is 1. The highest BCUT2D eigenvalue weighted by molar-refractivity contribution is 14.1. The molecule has 26 nitrogen and oxygen atoms in total. The average molecular weight is 1460 g/mol. The molecule has 5 heterocycles. The molecule has 92 heavy (non-hydrogen) atoms. The van der Waals surface area contributed by atoms with Crippen LogP contribution in [0.25, 0.3) is 0 Å². The summed E-state index contributed by atoms with van der Waals surface area (Å²) < 4.78 is 72.4. The lowest BCUT2D eigenvalue weighted by Gasteiger charge is -2.46. The number of allylic oxidation sites excluding steroid dienone is 3. The molecule has 4 fully saturated rings. The lowest BCUT2D eigenvalue weighted by atomic mass is 9.75. The Hall–Kier alpha value is -4.34. The monoisotopic (exact) mass is 1460 g/mol. The van der Waals surface area contributed by atoms with E-state index in [1.807, 2.05) is 49.4 Å². The lowest BCUT2D eigenvalue weighted by molar-refractivity contribution is -0.336. The summed E-state index contributed by atoms with van der Waals surface area (Å²) in [5.74, 6) is 11.6. The third kappa shape index (κ3) is 16.5. The van der Waals surface area contributed by atoms with Gasteiger partial charge in [0, 0.05) is 60.5 Å². The number of nitrogens with zero attached hydrogens (tertiary/aromatic N) is 1. The Kier molecular flexibility index (Phi) is 26.0. The number of nitrogen functional groups attached to an aromatic ring is 1. The minimum Gasteiger partial charge on any atom is -0.492 e. The second-order valence-corrected chi connectivity index (χ2v) is 28.1. The molecule has 1 amide bonds. The fraction of sp³-hybridized carbons (Fsp3) is 0.613. The molecule has 30 heteroatoms. The van der Waals surface area contributed by atoms with Gasteiger partial charge in [0.1, 0.15) is 42.4 Å². The number of fused-ring (bicyclic) bond motifs is 2. The number of amides is 1. The second kappa shape index (κ2) is 32.6. The molecule has 0 saturated carbocycles. The highest BCUT2D eigenvalue weighted by atomic mass is 127. The Morgan fingerprint density at radius 1 is 0.913 bits per heavy atom. The first-order valence-corrected chi connectivity index (χ1v) is 34.0. The number of benzene rings is 1. The first-order valence-electron chi connectivity index (χ1n) is 29.7. The van der Waals surface area contributed by atoms with Crippen LogP contribution in [0.3, 0.4) is 0 Å². The Labute approximate surface area is 560 Å². The summed E-state index contributed by atoms with van der Waals surface area (Å²) in [4.78, 5) is 52.4. The number of pyridine rings is 1. The minimum absolute atomic E-state index is 0.0202. The molecule has 2 aliphatic carbocycles. The fourth-order valence-corrected chi connectivity index (χ4v) is 15.8. The van der Waals surface area contributed by atoms with E-state index in [2.05, 4.69) is 44.8 Å². The van der Waals surface area contributed by atoms with E-state index in [4.69, 9.17) is 67.4 Å². The molecule has 0 spiro atoms. The molecule has 19 atom stereocenters. The van der Waals surface area contributed by atoms with Crippen molar-refractivity contribution in [2.24, 2.45) is 0 Å². The molecule has 1 aromatic heterocycles. The van der Waals surface area contributed by atoms with E-state index in [9.17, 15) is 39.9 Å². The Bertz CT molecular complexity index is 3180. The van der Waals surface area contributed by atoms with E-state index in [0.717, 1.165) is 24.4 Å². The number of nitrogens with one attached hydrogen (secondary N) is 3. The zero-order valence-electron chi connectivity index (χ0n) is 53.0. The number of anilines is 1. The Morgan fingerprint density at radius 3 is 2.32 bits per heavy atom. The van der Waals surface area contributed by atoms with Crippen molar-refractivity contribution in [3.05, 3.63) is 73.7 Å². The quantitative estimate of drug-likeness (QED) is 0.0251. The molecule has 1 aromatic carbocycles. The van der Waals surface area contributed by atoms with Gasteiger partial charge in [-0.2, -0.15) is 5.48 Å². The van der Waals surface area contributed by atoms with Gasteiger partial charge in [-0.1, -0.05) is 76.1 Å². The van der Waals surface area contributed by atoms with Gasteiger partial charge < -0.3 is 93.4 Å². The number of carbonyl (C=O) groups excluding carboxylic acids is 3. The molecule has 2 bridgehead atoms. The molecule has 4 saturated heterocycles. The van der Waals surface area contributed by atoms with Gasteiger partial charge in [0.25, 0.3) is 0 Å². The van der Waals surface area contributed by atoms with Crippen molar-refractivity contribution in [1.29, 1.82) is 0 Å². The number of likely N-dealkylation sites (N-methyl/N-ethyl adjacent to an activating group) is 1. The SMILES string of the molecule is CCN[C@H]1CO[C@@H](O[C@H]2[C@H](O[C@H]3C#C/C=C\C#C[C@]4(O)CC(=O)C(NC(=O)OC)=C3/C4=C\CSSC(C)(C)c3cccnc3N)O[C@H](C)[C@@H](NO[C@H]3C[C@H](O)[C@H](SC(=O)c4c(C)c(I)c(O[C@@H]5O[C@@H](C)[C@H](O)[C@@H](OC)[C@H]5O)c(OC)c4OC)[C@@H](C)O3)[C@@H]2O)C[C@@H]1OC. The Morgan fingerprint density at radius 2 is 1.64 bits per heavy atom. The fourth-order valence-electron chi connectivity index (χ4n) is 11.6. The van der Waals surface area contributed by atoms with Crippen molar-refractivity contribution in [2.45, 2.75) is 188 Å². The van der Waals surface area contributed by atoms with Crippen LogP contribution in [-0.4, -0.2) is 217 Å². The van der Waals surface area contributed by atoms with Crippen molar-refractivity contribution in [1.82, 2.24) is 21.1 Å². The van der Waals surface area contributed by atoms with Gasteiger partial charge >= 0.3 is 6.09 Å². The molecule has 6 aliphatic rings. The largest absolute Gasteiger partial charge is 0.492 e. The molecular formula is C62H82IN5O21S3. The minimum atomic E-state index is -2.13. The van der Waals surface area contributed by atoms with Crippen molar-refractivity contribution in [2.75, 3.05) is 60.2 Å². The highest BCUT2D eigenvalue weighted by Gasteiger charge is 2.52. The van der Waals surface area contributed by atoms with Gasteiger partial charge in [-0.05, 0) is 94.5 Å². The topological polar surface area (TPSA) is 347 Å². The van der Waals surface area contributed by atoms with Crippen LogP contribution in [-0.2, 0) is 57.0 Å². The number of ether oxygens (including phenoxy) is 12. The third-order valence-corrected chi connectivity index (χ3v) is 22.2. The number of halogens is 1. The zero-order chi connectivity index (χ0) is 66.9. The van der Waals surface area contributed by atoms with Crippen LogP contribution in [0.2, 0.25) is 0 Å². The predicted octanol–water partition coefficient (Wildman–Crippen LogP) is 3.83. The number of methoxy groups -OCH3 is 5. The van der Waals surface area contributed by atoms with E-state index in [1.54, 1.807) is 53.1 Å². The molecule has 8 rings (SSSR count). The van der Waals surface area contributed by atoms with Gasteiger partial charge in [0.05, 0.1) is 97.0 Å². The van der Waals surface area contributed by atoms with Crippen molar-refractivity contribution >= 4 is 78.8 Å². The molecule has 10 N–H and O–H groups in total. The molecule has 0 unspecified atom stereocenters. The van der Waals surface area contributed by atoms with Crippen molar-refractivity contribution in [3.8, 4) is 40.9 Å². The number of nitrogens with two attached hydrogens (primary N) is 1. The number of aromatic nitrogens is 1. The van der Waals surface area contributed by atoms with Crippen LogP contribution in [0.5, 0.6) is 17.2 Å². The number of hydrogen-bond donors (Lipinski definition) is 9. The highest BCUT2D eigenvalue weighted by Crippen LogP contribution is 2.50. The third-order valence-electron chi connectivity index (χ3n) is 16.4. The molecule has 0 radical (unpaired) electrons. The number of Topliss-reactive ketones (excluding diaryl/α,β-unsaturated/α-hetero) is 1. The maximum atomic E-state index is 14.5. The summed E-state index contributed by atoms with van der Waals surface area (Å²) in [6.07, 6.45) is -12.6. The van der Waals surface area contributed by atoms with Crippen LogP contribution in [0.1, 0.15) is 82.3 Å². The van der Waals surface area contributed by atoms with E-state index in [-0.39, 0.29) is 70.9 Å². The number of carbonyl (C=O) groups is 3. The number of ketones is 1. The predicted molar refractivity (Wildman–Crippen MR) is 348 cm³/mol. The second-order valence-electron chi connectivity index (χ2n) is 22.9. The molecular weight excluding hydrogens is 1370 g/mol. The number of aliphatic hydroxyl groups is 5. The normalized spacial score (nSPS) is 34.0. The average Bonchev–Trinajstić information content (AvgIpc) is 0.763. The first kappa shape index (κ1) is 73.5. The molecule has 506 valence electrons. The van der Waals surface area contributed by atoms with Crippen molar-refractivity contribution < 1.29 is 102 Å². The van der Waals surface area contributed by atoms with Gasteiger partial charge in [-0.15, -0.1) is 0 Å². The standard InChI is InChI=1S/C62H82IN5O21S3/c1-13-65-35-28-82-40(26-39(35)77-8)87-53-48(72)45(68-89-41-25-36(69)55(32(5)83-41)91-57(74)42-29(2)44(63)51(54(80-11)50(42)78-9)88-58-49(73)52(79-10)47(71)31(4)85-58)30(3)84-59(53)86-38-20-16-14-15-17-22-62(76)27-37(70)46(67-60(75)81-12)43(38)33(62)21-24-90-92-61(6,7)34-19-18-23-66-56(34)64/h14-15,18-19,21,23,30-32,35-36,38-41,45,47-49,52-53,55,58-59,65,68-69,71-73,76H,13,24-28H2,1-12H3,(H2,64,66)(H,67,75)/b15-14-,33-21+/t30-,31+,32-,35+,36+,38+,39+,40+,41+,45-,47+,48+,49-,52-,53-,55-,58+,59+,62+/m1/s1. The van der Waals surface area contributed by atoms with E-state index in [1.165, 1.54) is 55.1 Å². The van der Waals surface area contributed by atoms with Gasteiger partial charge in [0.15, 0.2) is 41.8 Å². The van der Waals surface area contributed by atoms with Crippen LogP contribution in [0.15, 0.2) is 53.4 Å². The number of aliphatic hydroxyl groups excluding tert-OH is 4. The zero-order valence-corrected chi connectivity index (χ0v) is 57.6. The van der Waals surface area contributed by atoms with Gasteiger partial charge in [-0.25, -0.2) is 9.78 Å². The summed E-state index contributed by atoms with van der Waals surface area (Å²) in [6, 6.07) is 2.38. The van der Waals surface area contributed by atoms with E-state index in [0.29, 0.717) is 21.5 Å². The number of hydrogen-bond acceptors (Lipinski definition) is 28. The summed E-state index contributed by atoms with van der Waals surface area (Å²) in [5, 5.41) is 63.2. The summed E-state index contributed by atoms with van der Waals surface area (Å²) in [6.45, 7) is 13.4. The van der Waals surface area contributed by atoms with Gasteiger partial charge in [-0.3, -0.25) is 19.7 Å². The maximum absolute atomic E-state index is 14.5. The number of alkyl carbamates (subject to hydrolysis) is 1. The maximum Gasteiger partial charge on any atom is 0.411 e. The lowest BCUT2D eigenvalue weighted by Crippen LogP contribution is -2.65. The summed E-state index contributed by atoms with van der Waals surface area (Å²) in [7, 11) is 9.69. The van der Waals surface area contributed by atoms with Crippen LogP contribution in [0, 0.1) is 34.2 Å². The van der Waals surface area contributed by atoms with Crippen LogP contribution >= 0.6 is 55.9 Å². The molecule has 4 aliphatic heterocycles. The van der Waals surface area contributed by atoms with Crippen LogP contribution in [0.4, 0.5) is 10.6 Å². The van der Waals surface area contributed by atoms with Gasteiger partial charge in [0.2, 0.25) is 17.2 Å². The molecule has 2 aromatic rings. The number of rotatable bonds is 23. The van der Waals surface area contributed by atoms with E-state index < -0.39 is 137 Å². The summed E-state index contributed by atoms with van der Waals surface area (Å²) in [5.41, 5.74) is 8.18. The number of thioether (sulfide) groups is 1. The first-order chi connectivity index (χ1) is 43.8. The van der Waals surface area contributed by atoms with Crippen LogP contribution < -0.4 is 36.1 Å².